The first-order valence-corrected chi connectivity index (χ1v) is 18.9. The molecule has 2 aromatic rings. The zero-order valence-electron chi connectivity index (χ0n) is 31.4. The monoisotopic (exact) mass is 776 g/mol. The van der Waals surface area contributed by atoms with E-state index in [9.17, 15) is 32.7 Å². The zero-order valence-corrected chi connectivity index (χ0v) is 32.2. The van der Waals surface area contributed by atoms with Crippen molar-refractivity contribution in [3.8, 4) is 5.75 Å². The molecule has 15 nitrogen and oxygen atoms in total. The van der Waals surface area contributed by atoms with Gasteiger partial charge in [0, 0.05) is 31.1 Å². The largest absolute Gasteiger partial charge is 0.487 e. The van der Waals surface area contributed by atoms with Crippen LogP contribution in [0.25, 0.3) is 0 Å². The molecule has 0 radical (unpaired) electrons. The maximum Gasteiger partial charge on any atom is 0.422 e. The highest BCUT2D eigenvalue weighted by molar-refractivity contribution is 7.91. The van der Waals surface area contributed by atoms with Gasteiger partial charge in [-0.1, -0.05) is 55.8 Å². The van der Waals surface area contributed by atoms with E-state index >= 15 is 4.39 Å². The van der Waals surface area contributed by atoms with Gasteiger partial charge in [-0.05, 0) is 59.4 Å². The molecule has 2 aliphatic rings. The van der Waals surface area contributed by atoms with Crippen LogP contribution in [0.5, 0.6) is 5.75 Å². The van der Waals surface area contributed by atoms with E-state index in [0.29, 0.717) is 17.9 Å². The number of amides is 3. The van der Waals surface area contributed by atoms with Gasteiger partial charge in [0.2, 0.25) is 0 Å². The van der Waals surface area contributed by atoms with E-state index in [4.69, 9.17) is 18.9 Å². The number of halogens is 1. The molecular weight excluding hydrogens is 727 g/mol. The lowest BCUT2D eigenvalue weighted by Crippen LogP contribution is -2.48. The number of nitrogens with one attached hydrogen (secondary N) is 1. The molecule has 1 fully saturated rings. The van der Waals surface area contributed by atoms with Crippen LogP contribution in [0.3, 0.4) is 0 Å². The fourth-order valence-electron chi connectivity index (χ4n) is 5.74. The lowest BCUT2D eigenvalue weighted by molar-refractivity contribution is -0.152. The van der Waals surface area contributed by atoms with Crippen LogP contribution in [-0.2, 0) is 42.2 Å². The molecule has 296 valence electrons. The fraction of sp³-hybridized carbons (Fsp3) is 0.514. The number of carbonyl (C=O) groups is 4. The van der Waals surface area contributed by atoms with Crippen LogP contribution >= 0.6 is 0 Å². The summed E-state index contributed by atoms with van der Waals surface area (Å²) in [5.41, 5.74) is -2.51. The Hall–Kier alpha value is -5.06. The van der Waals surface area contributed by atoms with Crippen molar-refractivity contribution in [1.29, 1.82) is 0 Å². The van der Waals surface area contributed by atoms with Crippen molar-refractivity contribution < 1.29 is 56.0 Å². The van der Waals surface area contributed by atoms with E-state index in [0.717, 1.165) is 17.7 Å². The topological polar surface area (TPSA) is 181 Å². The van der Waals surface area contributed by atoms with Crippen LogP contribution in [0.15, 0.2) is 49.1 Å². The molecule has 0 bridgehead atoms. The average molecular weight is 777 g/mol. The van der Waals surface area contributed by atoms with Crippen LogP contribution in [0.4, 0.5) is 30.1 Å². The number of esters is 1. The first kappa shape index (κ1) is 41.7. The minimum atomic E-state index is -5.15. The Kier molecular flexibility index (Phi) is 13.1. The van der Waals surface area contributed by atoms with E-state index in [1.807, 2.05) is 0 Å². The second-order valence-corrected chi connectivity index (χ2v) is 16.7. The number of hydrogen-bond acceptors (Lipinski definition) is 10. The highest BCUT2D eigenvalue weighted by Crippen LogP contribution is 2.45. The Labute approximate surface area is 315 Å². The molecule has 0 aromatic heterocycles. The average Bonchev–Trinajstić information content (AvgIpc) is 3.81. The van der Waals surface area contributed by atoms with Crippen molar-refractivity contribution in [2.45, 2.75) is 91.1 Å². The van der Waals surface area contributed by atoms with Crippen LogP contribution in [0, 0.1) is 11.7 Å². The van der Waals surface area contributed by atoms with Gasteiger partial charge in [-0.3, -0.25) is 9.69 Å². The highest BCUT2D eigenvalue weighted by Gasteiger charge is 2.43. The summed E-state index contributed by atoms with van der Waals surface area (Å²) in [6, 6.07) is 8.73. The zero-order chi connectivity index (χ0) is 40.0. The number of carbonyl (C=O) groups excluding carboxylic acids is 3. The molecule has 2 N–H and O–H groups in total. The minimum absolute atomic E-state index is 0.156. The summed E-state index contributed by atoms with van der Waals surface area (Å²) in [6.45, 7) is 11.5. The van der Waals surface area contributed by atoms with Crippen LogP contribution < -0.4 is 18.7 Å². The number of anilines is 2. The molecule has 1 saturated carbocycles. The first-order valence-electron chi connectivity index (χ1n) is 17.5. The number of ether oxygens (including phenoxy) is 4. The van der Waals surface area contributed by atoms with Crippen molar-refractivity contribution >= 4 is 45.8 Å². The number of hydrogen-bond donors (Lipinski definition) is 2. The Morgan fingerprint density at radius 3 is 2.28 bits per heavy atom. The van der Waals surface area contributed by atoms with Gasteiger partial charge in [0.1, 0.15) is 42.4 Å². The van der Waals surface area contributed by atoms with Gasteiger partial charge in [0.05, 0.1) is 11.7 Å². The van der Waals surface area contributed by atoms with Gasteiger partial charge >= 0.3 is 34.5 Å². The number of rotatable bonds is 15. The van der Waals surface area contributed by atoms with E-state index in [1.54, 1.807) is 76.6 Å². The number of nitrogens with zero attached hydrogens (tertiary/aromatic N) is 3. The maximum atomic E-state index is 17.2. The predicted molar refractivity (Wildman–Crippen MR) is 197 cm³/mol. The second-order valence-electron chi connectivity index (χ2n) is 15.1. The van der Waals surface area contributed by atoms with Gasteiger partial charge in [-0.15, -0.1) is 0 Å². The standard InChI is InChI=1S/C37H49FN4O11S/c1-8-18-50-33(44)39-54(48,49)41(22-30(43)52-36(2,3)4)32-29(51-23-25-12-10-9-11-13-25)20-28-27(31(32)38)19-26(42(28)34(45)46)21-40(17-16-24-14-15-24)35(47)53-37(5,6)7/h8-13,20,24,26H,1,14-19,21-23H2,2-7H3,(H,39,44)(H,45,46)/t26-/m1/s1. The lowest BCUT2D eigenvalue weighted by atomic mass is 10.1. The summed E-state index contributed by atoms with van der Waals surface area (Å²) < 4.78 is 68.8. The molecule has 4 rings (SSSR count). The molecule has 0 unspecified atom stereocenters. The van der Waals surface area contributed by atoms with Crippen molar-refractivity contribution in [2.24, 2.45) is 5.92 Å². The van der Waals surface area contributed by atoms with Crippen LogP contribution in [-0.4, -0.2) is 86.2 Å². The Balaban J connectivity index is 1.85. The normalized spacial score (nSPS) is 15.5. The van der Waals surface area contributed by atoms with Crippen LogP contribution in [0.2, 0.25) is 0 Å². The maximum absolute atomic E-state index is 17.2. The third-order valence-corrected chi connectivity index (χ3v) is 9.47. The molecule has 54 heavy (non-hydrogen) atoms. The number of fused-ring (bicyclic) bond motifs is 1. The van der Waals surface area contributed by atoms with E-state index in [2.05, 4.69) is 6.58 Å². The molecule has 0 spiro atoms. The third-order valence-electron chi connectivity index (χ3n) is 8.15. The highest BCUT2D eigenvalue weighted by atomic mass is 32.2. The SMILES string of the molecule is C=CCOC(=O)NS(=O)(=O)N(CC(=O)OC(C)(C)C)c1c(OCc2ccccc2)cc2c(c1F)C[C@H](CN(CCC1CC1)C(=O)OC(C)(C)C)N2C(=O)O. The Morgan fingerprint density at radius 2 is 1.70 bits per heavy atom. The quantitative estimate of drug-likeness (QED) is 0.120. The number of benzene rings is 2. The fourth-order valence-corrected chi connectivity index (χ4v) is 6.81. The van der Waals surface area contributed by atoms with E-state index in [1.165, 1.54) is 17.0 Å². The Bertz CT molecular complexity index is 1820. The molecular formula is C37H49FN4O11S. The minimum Gasteiger partial charge on any atom is -0.487 e. The predicted octanol–water partition coefficient (Wildman–Crippen LogP) is 6.16. The second kappa shape index (κ2) is 17.0. The van der Waals surface area contributed by atoms with Crippen LogP contribution in [0.1, 0.15) is 71.9 Å². The molecule has 3 amide bonds. The molecule has 17 heteroatoms. The van der Waals surface area contributed by atoms with Crippen molar-refractivity contribution in [2.75, 3.05) is 35.4 Å². The van der Waals surface area contributed by atoms with Crippen molar-refractivity contribution in [1.82, 2.24) is 9.62 Å². The lowest BCUT2D eigenvalue weighted by Gasteiger charge is -2.32. The molecule has 1 atom stereocenters. The summed E-state index contributed by atoms with van der Waals surface area (Å²) in [6.07, 6.45) is 0.0313. The van der Waals surface area contributed by atoms with Gasteiger partial charge in [0.25, 0.3) is 0 Å². The van der Waals surface area contributed by atoms with Gasteiger partial charge in [-0.25, -0.2) is 27.8 Å². The molecule has 0 saturated heterocycles. The smallest absolute Gasteiger partial charge is 0.422 e. The molecule has 2 aromatic carbocycles. The third kappa shape index (κ3) is 11.5. The van der Waals surface area contributed by atoms with Gasteiger partial charge in [-0.2, -0.15) is 8.42 Å². The van der Waals surface area contributed by atoms with E-state index < -0.39 is 75.5 Å². The summed E-state index contributed by atoms with van der Waals surface area (Å²) in [5, 5.41) is 10.5. The Morgan fingerprint density at radius 1 is 1.06 bits per heavy atom. The van der Waals surface area contributed by atoms with Crippen molar-refractivity contribution in [3.63, 3.8) is 0 Å². The van der Waals surface area contributed by atoms with E-state index in [-0.39, 0.29) is 48.3 Å². The van der Waals surface area contributed by atoms with Gasteiger partial charge < -0.3 is 29.0 Å². The first-order chi connectivity index (χ1) is 25.2. The summed E-state index contributed by atoms with van der Waals surface area (Å²) >= 11 is 0. The summed E-state index contributed by atoms with van der Waals surface area (Å²) in [5.74, 6) is -2.38. The molecule has 1 aliphatic carbocycles. The molecule has 1 heterocycles. The van der Waals surface area contributed by atoms with Crippen molar-refractivity contribution in [3.05, 3.63) is 66.0 Å². The molecule has 1 aliphatic heterocycles. The summed E-state index contributed by atoms with van der Waals surface area (Å²) in [7, 11) is -5.15. The number of carboxylic acid groups (broad SMARTS) is 1. The van der Waals surface area contributed by atoms with Gasteiger partial charge in [0.15, 0.2) is 5.82 Å². The summed E-state index contributed by atoms with van der Waals surface area (Å²) in [4.78, 5) is 54.2.